The van der Waals surface area contributed by atoms with Crippen LogP contribution in [0.15, 0.2) is 34.9 Å². The highest BCUT2D eigenvalue weighted by Gasteiger charge is 2.25. The predicted octanol–water partition coefficient (Wildman–Crippen LogP) is 4.34. The van der Waals surface area contributed by atoms with Crippen molar-refractivity contribution in [1.82, 2.24) is 20.4 Å². The van der Waals surface area contributed by atoms with Gasteiger partial charge >= 0.3 is 0 Å². The number of pyridine rings is 1. The van der Waals surface area contributed by atoms with Gasteiger partial charge in [-0.05, 0) is 44.7 Å². The maximum absolute atomic E-state index is 5.49. The molecule has 1 N–H and O–H groups in total. The van der Waals surface area contributed by atoms with Crippen LogP contribution in [-0.4, -0.2) is 40.3 Å². The van der Waals surface area contributed by atoms with Gasteiger partial charge in [0.25, 0.3) is 5.89 Å². The molecule has 1 saturated heterocycles. The fourth-order valence-electron chi connectivity index (χ4n) is 4.03. The molecule has 0 bridgehead atoms. The Bertz CT molecular complexity index is 926. The first kappa shape index (κ1) is 18.9. The maximum atomic E-state index is 5.49. The molecule has 6 nitrogen and oxygen atoms in total. The van der Waals surface area contributed by atoms with E-state index in [0.717, 1.165) is 48.2 Å². The van der Waals surface area contributed by atoms with E-state index in [-0.39, 0.29) is 0 Å². The highest BCUT2D eigenvalue weighted by molar-refractivity contribution is 5.87. The van der Waals surface area contributed by atoms with Crippen molar-refractivity contribution < 1.29 is 4.52 Å². The fourth-order valence-corrected chi connectivity index (χ4v) is 4.03. The molecule has 1 aromatic carbocycles. The minimum absolute atomic E-state index is 0.544. The van der Waals surface area contributed by atoms with E-state index in [0.29, 0.717) is 23.8 Å². The van der Waals surface area contributed by atoms with Crippen molar-refractivity contribution >= 4 is 16.7 Å². The first-order chi connectivity index (χ1) is 13.7. The molecular formula is C22H29N5O. The van der Waals surface area contributed by atoms with Gasteiger partial charge in [-0.25, -0.2) is 4.98 Å². The third-order valence-corrected chi connectivity index (χ3v) is 5.71. The highest BCUT2D eigenvalue weighted by atomic mass is 16.5. The second-order valence-corrected chi connectivity index (χ2v) is 7.64. The standard InChI is InChI=1S/C22H29N5O/c1-4-17(5-2)24-18-10-12-27(13-11-18)21-19(22-23-15(3)26-28-22)14-16-8-6-7-9-20(16)25-21/h6-9,14,17-18,24H,4-5,10-13H2,1-3H3. The zero-order valence-corrected chi connectivity index (χ0v) is 17.0. The lowest BCUT2D eigenvalue weighted by Gasteiger charge is -2.35. The van der Waals surface area contributed by atoms with Crippen molar-refractivity contribution in [3.05, 3.63) is 36.2 Å². The summed E-state index contributed by atoms with van der Waals surface area (Å²) in [6.45, 7) is 8.31. The normalized spacial score (nSPS) is 15.6. The summed E-state index contributed by atoms with van der Waals surface area (Å²) >= 11 is 0. The van der Waals surface area contributed by atoms with Gasteiger partial charge in [0.2, 0.25) is 0 Å². The van der Waals surface area contributed by atoms with Crippen LogP contribution < -0.4 is 10.2 Å². The molecule has 3 heterocycles. The Labute approximate surface area is 166 Å². The van der Waals surface area contributed by atoms with Crippen molar-refractivity contribution in [1.29, 1.82) is 0 Å². The summed E-state index contributed by atoms with van der Waals surface area (Å²) in [7, 11) is 0. The lowest BCUT2D eigenvalue weighted by Crippen LogP contribution is -2.46. The maximum Gasteiger partial charge on any atom is 0.261 e. The summed E-state index contributed by atoms with van der Waals surface area (Å²) in [4.78, 5) is 11.8. The number of nitrogens with one attached hydrogen (secondary N) is 1. The van der Waals surface area contributed by atoms with Crippen LogP contribution in [0.25, 0.3) is 22.4 Å². The van der Waals surface area contributed by atoms with E-state index in [4.69, 9.17) is 9.51 Å². The SMILES string of the molecule is CCC(CC)NC1CCN(c2nc3ccccc3cc2-c2nc(C)no2)CC1. The number of aryl methyl sites for hydroxylation is 1. The first-order valence-electron chi connectivity index (χ1n) is 10.4. The second-order valence-electron chi connectivity index (χ2n) is 7.64. The molecule has 3 aromatic rings. The Morgan fingerprint density at radius 1 is 1.14 bits per heavy atom. The zero-order chi connectivity index (χ0) is 19.5. The number of aromatic nitrogens is 3. The Morgan fingerprint density at radius 2 is 1.89 bits per heavy atom. The zero-order valence-electron chi connectivity index (χ0n) is 17.0. The van der Waals surface area contributed by atoms with E-state index in [9.17, 15) is 0 Å². The molecule has 1 fully saturated rings. The summed E-state index contributed by atoms with van der Waals surface area (Å²) in [6, 6.07) is 11.5. The van der Waals surface area contributed by atoms with Crippen LogP contribution in [0.4, 0.5) is 5.82 Å². The molecule has 2 aromatic heterocycles. The van der Waals surface area contributed by atoms with Gasteiger partial charge in [0.05, 0.1) is 11.1 Å². The largest absolute Gasteiger partial charge is 0.356 e. The molecule has 0 atom stereocenters. The van der Waals surface area contributed by atoms with Gasteiger partial charge in [-0.1, -0.05) is 37.2 Å². The van der Waals surface area contributed by atoms with Gasteiger partial charge in [0.1, 0.15) is 5.82 Å². The number of para-hydroxylation sites is 1. The van der Waals surface area contributed by atoms with Crippen LogP contribution in [0.1, 0.15) is 45.4 Å². The topological polar surface area (TPSA) is 67.1 Å². The van der Waals surface area contributed by atoms with Crippen molar-refractivity contribution in [2.24, 2.45) is 0 Å². The van der Waals surface area contributed by atoms with Gasteiger partial charge in [-0.15, -0.1) is 0 Å². The molecule has 1 aliphatic rings. The minimum Gasteiger partial charge on any atom is -0.356 e. The number of anilines is 1. The monoisotopic (exact) mass is 379 g/mol. The Balaban J connectivity index is 1.61. The first-order valence-corrected chi connectivity index (χ1v) is 10.4. The smallest absolute Gasteiger partial charge is 0.261 e. The number of fused-ring (bicyclic) bond motifs is 1. The average molecular weight is 380 g/mol. The van der Waals surface area contributed by atoms with Crippen molar-refractivity contribution in [2.75, 3.05) is 18.0 Å². The van der Waals surface area contributed by atoms with Crippen LogP contribution >= 0.6 is 0 Å². The molecule has 0 unspecified atom stereocenters. The van der Waals surface area contributed by atoms with Gasteiger partial charge in [-0.3, -0.25) is 0 Å². The van der Waals surface area contributed by atoms with Crippen molar-refractivity contribution in [3.8, 4) is 11.5 Å². The molecule has 148 valence electrons. The minimum atomic E-state index is 0.544. The van der Waals surface area contributed by atoms with E-state index in [2.05, 4.69) is 52.4 Å². The number of rotatable bonds is 6. The predicted molar refractivity (Wildman–Crippen MR) is 113 cm³/mol. The number of hydrogen-bond donors (Lipinski definition) is 1. The number of hydrogen-bond acceptors (Lipinski definition) is 6. The molecule has 1 aliphatic heterocycles. The summed E-state index contributed by atoms with van der Waals surface area (Å²) < 4.78 is 5.49. The van der Waals surface area contributed by atoms with Gasteiger partial charge < -0.3 is 14.7 Å². The lowest BCUT2D eigenvalue weighted by atomic mass is 10.0. The van der Waals surface area contributed by atoms with Crippen LogP contribution in [0, 0.1) is 6.92 Å². The molecular weight excluding hydrogens is 350 g/mol. The number of piperidine rings is 1. The van der Waals surface area contributed by atoms with Crippen molar-refractivity contribution in [2.45, 2.75) is 58.5 Å². The summed E-state index contributed by atoms with van der Waals surface area (Å²) in [5, 5.41) is 8.88. The van der Waals surface area contributed by atoms with E-state index in [1.165, 1.54) is 12.8 Å². The molecule has 28 heavy (non-hydrogen) atoms. The Kier molecular flexibility index (Phi) is 5.57. The van der Waals surface area contributed by atoms with Crippen LogP contribution in [0.5, 0.6) is 0 Å². The van der Waals surface area contributed by atoms with Gasteiger partial charge in [0.15, 0.2) is 5.82 Å². The molecule has 0 spiro atoms. The number of benzene rings is 1. The highest BCUT2D eigenvalue weighted by Crippen LogP contribution is 2.33. The average Bonchev–Trinajstić information content (AvgIpc) is 3.17. The number of nitrogens with zero attached hydrogens (tertiary/aromatic N) is 4. The molecule has 0 aliphatic carbocycles. The Hall–Kier alpha value is -2.47. The van der Waals surface area contributed by atoms with Crippen LogP contribution in [0.2, 0.25) is 0 Å². The third kappa shape index (κ3) is 3.87. The Morgan fingerprint density at radius 3 is 2.57 bits per heavy atom. The molecule has 6 heteroatoms. The van der Waals surface area contributed by atoms with Gasteiger partial charge in [0, 0.05) is 30.6 Å². The second kappa shape index (κ2) is 8.27. The summed E-state index contributed by atoms with van der Waals surface area (Å²) in [6.07, 6.45) is 4.60. The van der Waals surface area contributed by atoms with Crippen molar-refractivity contribution in [3.63, 3.8) is 0 Å². The quantitative estimate of drug-likeness (QED) is 0.687. The summed E-state index contributed by atoms with van der Waals surface area (Å²) in [5.41, 5.74) is 1.92. The molecule has 4 rings (SSSR count). The molecule has 0 saturated carbocycles. The van der Waals surface area contributed by atoms with Crippen LogP contribution in [-0.2, 0) is 0 Å². The fraction of sp³-hybridized carbons (Fsp3) is 0.500. The van der Waals surface area contributed by atoms with E-state index < -0.39 is 0 Å². The van der Waals surface area contributed by atoms with E-state index in [1.54, 1.807) is 0 Å². The lowest BCUT2D eigenvalue weighted by molar-refractivity contribution is 0.353. The molecule has 0 radical (unpaired) electrons. The third-order valence-electron chi connectivity index (χ3n) is 5.71. The van der Waals surface area contributed by atoms with Crippen LogP contribution in [0.3, 0.4) is 0 Å². The molecule has 0 amide bonds. The van der Waals surface area contributed by atoms with E-state index in [1.807, 2.05) is 19.1 Å². The van der Waals surface area contributed by atoms with E-state index >= 15 is 0 Å². The van der Waals surface area contributed by atoms with Gasteiger partial charge in [-0.2, -0.15) is 4.98 Å². The summed E-state index contributed by atoms with van der Waals surface area (Å²) in [5.74, 6) is 2.13.